The molecule has 3 heteroatoms. The smallest absolute Gasteiger partial charge is 0.242 e. The molecule has 1 aromatic rings. The summed E-state index contributed by atoms with van der Waals surface area (Å²) < 4.78 is 24.1. The van der Waals surface area contributed by atoms with Crippen LogP contribution in [0.3, 0.4) is 0 Å². The second-order valence-electron chi connectivity index (χ2n) is 3.47. The van der Waals surface area contributed by atoms with Crippen LogP contribution in [0.1, 0.15) is 18.1 Å². The molecule has 1 unspecified atom stereocenters. The quantitative estimate of drug-likeness (QED) is 0.791. The summed E-state index contributed by atoms with van der Waals surface area (Å²) >= 11 is 0. The number of aliphatic hydroxyl groups is 1. The lowest BCUT2D eigenvalue weighted by atomic mass is 10.0. The molecule has 0 radical (unpaired) electrons. The van der Waals surface area contributed by atoms with Crippen molar-refractivity contribution in [2.75, 3.05) is 0 Å². The summed E-state index contributed by atoms with van der Waals surface area (Å²) in [5.74, 6) is 0. The molecule has 1 N–H and O–H groups in total. The van der Waals surface area contributed by atoms with Crippen molar-refractivity contribution in [2.45, 2.75) is 32.3 Å². The van der Waals surface area contributed by atoms with Crippen LogP contribution in [0.15, 0.2) is 24.3 Å². The molecule has 0 spiro atoms. The molecule has 0 bridgehead atoms. The standard InChI is InChI=1S/C11H14F2O/c1-8(14)5-9-3-2-4-10(6-9)7-11(12)13/h2-4,6,8,11,14H,5,7H2,1H3. The Labute approximate surface area is 82.4 Å². The predicted octanol–water partition coefficient (Wildman–Crippen LogP) is 2.42. The van der Waals surface area contributed by atoms with Gasteiger partial charge in [0.1, 0.15) is 0 Å². The minimum Gasteiger partial charge on any atom is -0.393 e. The first-order chi connectivity index (χ1) is 6.58. The maximum Gasteiger partial charge on any atom is 0.242 e. The molecule has 1 atom stereocenters. The van der Waals surface area contributed by atoms with Crippen LogP contribution in [0.5, 0.6) is 0 Å². The van der Waals surface area contributed by atoms with Crippen LogP contribution >= 0.6 is 0 Å². The Bertz CT molecular complexity index is 259. The predicted molar refractivity (Wildman–Crippen MR) is 51.5 cm³/mol. The number of halogens is 2. The summed E-state index contributed by atoms with van der Waals surface area (Å²) in [5, 5.41) is 9.13. The Morgan fingerprint density at radius 3 is 2.29 bits per heavy atom. The third kappa shape index (κ3) is 3.83. The summed E-state index contributed by atoms with van der Waals surface area (Å²) in [6.07, 6.45) is -2.45. The van der Waals surface area contributed by atoms with Crippen molar-refractivity contribution in [2.24, 2.45) is 0 Å². The minimum atomic E-state index is -2.31. The zero-order chi connectivity index (χ0) is 10.6. The Morgan fingerprint density at radius 1 is 1.21 bits per heavy atom. The van der Waals surface area contributed by atoms with Gasteiger partial charge in [-0.25, -0.2) is 8.78 Å². The van der Waals surface area contributed by atoms with Crippen LogP contribution in [0.2, 0.25) is 0 Å². The van der Waals surface area contributed by atoms with Crippen molar-refractivity contribution in [1.82, 2.24) is 0 Å². The number of alkyl halides is 2. The molecule has 0 saturated carbocycles. The Kier molecular flexibility index (Phi) is 4.01. The van der Waals surface area contributed by atoms with E-state index in [4.69, 9.17) is 5.11 Å². The lowest BCUT2D eigenvalue weighted by Gasteiger charge is -2.06. The highest BCUT2D eigenvalue weighted by molar-refractivity contribution is 5.24. The van der Waals surface area contributed by atoms with E-state index in [1.54, 1.807) is 25.1 Å². The van der Waals surface area contributed by atoms with Crippen molar-refractivity contribution >= 4 is 0 Å². The number of rotatable bonds is 4. The summed E-state index contributed by atoms with van der Waals surface area (Å²) in [6, 6.07) is 6.98. The van der Waals surface area contributed by atoms with Gasteiger partial charge >= 0.3 is 0 Å². The third-order valence-corrected chi connectivity index (χ3v) is 1.91. The highest BCUT2D eigenvalue weighted by atomic mass is 19.3. The molecular weight excluding hydrogens is 186 g/mol. The van der Waals surface area contributed by atoms with Crippen LogP contribution in [0.4, 0.5) is 8.78 Å². The Hall–Kier alpha value is -0.960. The van der Waals surface area contributed by atoms with Gasteiger partial charge in [0, 0.05) is 6.42 Å². The van der Waals surface area contributed by atoms with E-state index in [2.05, 4.69) is 0 Å². The fraction of sp³-hybridized carbons (Fsp3) is 0.455. The van der Waals surface area contributed by atoms with Crippen LogP contribution in [-0.4, -0.2) is 17.6 Å². The topological polar surface area (TPSA) is 20.2 Å². The Balaban J connectivity index is 2.68. The van der Waals surface area contributed by atoms with E-state index in [0.29, 0.717) is 12.0 Å². The average Bonchev–Trinajstić information content (AvgIpc) is 2.01. The molecule has 0 aliphatic rings. The van der Waals surface area contributed by atoms with Gasteiger partial charge in [0.05, 0.1) is 6.10 Å². The van der Waals surface area contributed by atoms with Gasteiger partial charge in [-0.1, -0.05) is 24.3 Å². The molecule has 1 aromatic carbocycles. The highest BCUT2D eigenvalue weighted by Crippen LogP contribution is 2.11. The molecule has 78 valence electrons. The van der Waals surface area contributed by atoms with E-state index in [1.807, 2.05) is 6.07 Å². The van der Waals surface area contributed by atoms with E-state index < -0.39 is 12.5 Å². The normalized spacial score (nSPS) is 13.2. The largest absolute Gasteiger partial charge is 0.393 e. The van der Waals surface area contributed by atoms with Gasteiger partial charge in [-0.05, 0) is 24.5 Å². The molecule has 1 rings (SSSR count). The van der Waals surface area contributed by atoms with E-state index in [9.17, 15) is 8.78 Å². The van der Waals surface area contributed by atoms with E-state index in [-0.39, 0.29) is 6.42 Å². The molecule has 0 aliphatic carbocycles. The lowest BCUT2D eigenvalue weighted by molar-refractivity contribution is 0.149. The Morgan fingerprint density at radius 2 is 1.79 bits per heavy atom. The van der Waals surface area contributed by atoms with Gasteiger partial charge in [-0.15, -0.1) is 0 Å². The average molecular weight is 200 g/mol. The number of benzene rings is 1. The molecule has 0 aliphatic heterocycles. The molecule has 14 heavy (non-hydrogen) atoms. The first-order valence-electron chi connectivity index (χ1n) is 4.62. The number of aliphatic hydroxyl groups excluding tert-OH is 1. The monoisotopic (exact) mass is 200 g/mol. The number of hydrogen-bond donors (Lipinski definition) is 1. The van der Waals surface area contributed by atoms with Crippen molar-refractivity contribution in [3.63, 3.8) is 0 Å². The summed E-state index contributed by atoms with van der Waals surface area (Å²) in [7, 11) is 0. The van der Waals surface area contributed by atoms with Gasteiger partial charge in [0.2, 0.25) is 6.43 Å². The maximum absolute atomic E-state index is 12.1. The van der Waals surface area contributed by atoms with Crippen molar-refractivity contribution < 1.29 is 13.9 Å². The SMILES string of the molecule is CC(O)Cc1cccc(CC(F)F)c1. The van der Waals surface area contributed by atoms with Gasteiger partial charge in [-0.3, -0.25) is 0 Å². The highest BCUT2D eigenvalue weighted by Gasteiger charge is 2.05. The van der Waals surface area contributed by atoms with Gasteiger partial charge < -0.3 is 5.11 Å². The van der Waals surface area contributed by atoms with Crippen LogP contribution in [0, 0.1) is 0 Å². The molecular formula is C11H14F2O. The zero-order valence-corrected chi connectivity index (χ0v) is 8.08. The second kappa shape index (κ2) is 5.05. The van der Waals surface area contributed by atoms with Crippen LogP contribution < -0.4 is 0 Å². The molecule has 0 saturated heterocycles. The lowest BCUT2D eigenvalue weighted by Crippen LogP contribution is -2.05. The summed E-state index contributed by atoms with van der Waals surface area (Å²) in [5.41, 5.74) is 1.52. The first-order valence-corrected chi connectivity index (χ1v) is 4.62. The molecule has 0 fully saturated rings. The van der Waals surface area contributed by atoms with Crippen molar-refractivity contribution in [3.8, 4) is 0 Å². The fourth-order valence-corrected chi connectivity index (χ4v) is 1.40. The summed E-state index contributed by atoms with van der Waals surface area (Å²) in [6.45, 7) is 1.68. The maximum atomic E-state index is 12.1. The third-order valence-electron chi connectivity index (χ3n) is 1.91. The van der Waals surface area contributed by atoms with E-state index in [1.165, 1.54) is 0 Å². The van der Waals surface area contributed by atoms with E-state index in [0.717, 1.165) is 5.56 Å². The van der Waals surface area contributed by atoms with Gasteiger partial charge in [0.25, 0.3) is 0 Å². The van der Waals surface area contributed by atoms with E-state index >= 15 is 0 Å². The molecule has 0 heterocycles. The van der Waals surface area contributed by atoms with Crippen LogP contribution in [0.25, 0.3) is 0 Å². The van der Waals surface area contributed by atoms with Gasteiger partial charge in [-0.2, -0.15) is 0 Å². The first kappa shape index (κ1) is 11.1. The molecule has 1 nitrogen and oxygen atoms in total. The zero-order valence-electron chi connectivity index (χ0n) is 8.08. The van der Waals surface area contributed by atoms with Crippen molar-refractivity contribution in [3.05, 3.63) is 35.4 Å². The minimum absolute atomic E-state index is 0.215. The molecule has 0 aromatic heterocycles. The fourth-order valence-electron chi connectivity index (χ4n) is 1.40. The van der Waals surface area contributed by atoms with Gasteiger partial charge in [0.15, 0.2) is 0 Å². The summed E-state index contributed by atoms with van der Waals surface area (Å²) in [4.78, 5) is 0. The molecule has 0 amide bonds. The second-order valence-corrected chi connectivity index (χ2v) is 3.47. The van der Waals surface area contributed by atoms with Crippen molar-refractivity contribution in [1.29, 1.82) is 0 Å². The van der Waals surface area contributed by atoms with Crippen LogP contribution in [-0.2, 0) is 12.8 Å². The number of hydrogen-bond acceptors (Lipinski definition) is 1.